The van der Waals surface area contributed by atoms with Crippen molar-refractivity contribution in [2.75, 3.05) is 0 Å². The van der Waals surface area contributed by atoms with Gasteiger partial charge in [-0.05, 0) is 34.0 Å². The lowest BCUT2D eigenvalue weighted by Gasteiger charge is -2.18. The minimum atomic E-state index is -0.809. The Morgan fingerprint density at radius 1 is 1.44 bits per heavy atom. The lowest BCUT2D eigenvalue weighted by Crippen LogP contribution is -2.30. The lowest BCUT2D eigenvalue weighted by molar-refractivity contribution is -0.129. The molecule has 0 aliphatic carbocycles. The number of hydrogen-bond acceptors (Lipinski definition) is 3. The van der Waals surface area contributed by atoms with Crippen LogP contribution < -0.4 is 0 Å². The SMILES string of the molecule is CCC(CC)C(O)C(=O)Cc1ccc(Br)s1. The molecule has 1 N–H and O–H groups in total. The Morgan fingerprint density at radius 2 is 2.06 bits per heavy atom. The second-order valence-corrected chi connectivity index (χ2v) is 6.42. The fourth-order valence-corrected chi connectivity index (χ4v) is 3.21. The molecule has 1 heterocycles. The fraction of sp³-hybridized carbons (Fsp3) is 0.583. The monoisotopic (exact) mass is 304 g/mol. The van der Waals surface area contributed by atoms with Crippen molar-refractivity contribution in [3.8, 4) is 0 Å². The van der Waals surface area contributed by atoms with Crippen molar-refractivity contribution in [3.63, 3.8) is 0 Å². The highest BCUT2D eigenvalue weighted by molar-refractivity contribution is 9.11. The zero-order chi connectivity index (χ0) is 12.1. The van der Waals surface area contributed by atoms with Crippen LogP contribution in [0.3, 0.4) is 0 Å². The molecule has 1 unspecified atom stereocenters. The van der Waals surface area contributed by atoms with Gasteiger partial charge < -0.3 is 5.11 Å². The molecule has 16 heavy (non-hydrogen) atoms. The van der Waals surface area contributed by atoms with Gasteiger partial charge in [-0.2, -0.15) is 0 Å². The van der Waals surface area contributed by atoms with Crippen molar-refractivity contribution < 1.29 is 9.90 Å². The predicted molar refractivity (Wildman–Crippen MR) is 70.8 cm³/mol. The predicted octanol–water partition coefficient (Wildman–Crippen LogP) is 3.42. The van der Waals surface area contributed by atoms with E-state index >= 15 is 0 Å². The second-order valence-electron chi connectivity index (χ2n) is 3.87. The van der Waals surface area contributed by atoms with E-state index in [1.54, 1.807) is 11.3 Å². The van der Waals surface area contributed by atoms with Crippen molar-refractivity contribution in [1.82, 2.24) is 0 Å². The van der Waals surface area contributed by atoms with Gasteiger partial charge >= 0.3 is 0 Å². The molecule has 0 aliphatic heterocycles. The van der Waals surface area contributed by atoms with Crippen molar-refractivity contribution in [2.24, 2.45) is 5.92 Å². The van der Waals surface area contributed by atoms with E-state index in [0.717, 1.165) is 21.5 Å². The van der Waals surface area contributed by atoms with E-state index in [0.29, 0.717) is 6.42 Å². The molecule has 0 saturated carbocycles. The molecule has 90 valence electrons. The summed E-state index contributed by atoms with van der Waals surface area (Å²) < 4.78 is 1.02. The quantitative estimate of drug-likeness (QED) is 0.874. The molecule has 1 aromatic rings. The number of aliphatic hydroxyl groups is 1. The number of ketones is 1. The van der Waals surface area contributed by atoms with Crippen LogP contribution in [0.4, 0.5) is 0 Å². The molecule has 4 heteroatoms. The minimum Gasteiger partial charge on any atom is -0.385 e. The molecular formula is C12H17BrO2S. The van der Waals surface area contributed by atoms with Gasteiger partial charge in [0.25, 0.3) is 0 Å². The van der Waals surface area contributed by atoms with Gasteiger partial charge in [0.15, 0.2) is 5.78 Å². The lowest BCUT2D eigenvalue weighted by atomic mass is 9.92. The highest BCUT2D eigenvalue weighted by Crippen LogP contribution is 2.24. The number of thiophene rings is 1. The van der Waals surface area contributed by atoms with Crippen LogP contribution >= 0.6 is 27.3 Å². The molecule has 0 spiro atoms. The van der Waals surface area contributed by atoms with Crippen LogP contribution in [-0.2, 0) is 11.2 Å². The number of carbonyl (C=O) groups excluding carboxylic acids is 1. The Labute approximate surface area is 109 Å². The minimum absolute atomic E-state index is 0.0666. The largest absolute Gasteiger partial charge is 0.385 e. The molecule has 0 radical (unpaired) electrons. The Kier molecular flexibility index (Phi) is 5.66. The average Bonchev–Trinajstić information content (AvgIpc) is 2.65. The summed E-state index contributed by atoms with van der Waals surface area (Å²) in [6.45, 7) is 4.01. The number of aliphatic hydroxyl groups excluding tert-OH is 1. The van der Waals surface area contributed by atoms with Gasteiger partial charge in [-0.1, -0.05) is 26.7 Å². The van der Waals surface area contributed by atoms with Gasteiger partial charge in [-0.3, -0.25) is 4.79 Å². The summed E-state index contributed by atoms with van der Waals surface area (Å²) >= 11 is 4.91. The third-order valence-electron chi connectivity index (χ3n) is 2.80. The van der Waals surface area contributed by atoms with Crippen molar-refractivity contribution in [1.29, 1.82) is 0 Å². The van der Waals surface area contributed by atoms with Gasteiger partial charge in [-0.15, -0.1) is 11.3 Å². The van der Waals surface area contributed by atoms with E-state index in [2.05, 4.69) is 15.9 Å². The molecule has 0 bridgehead atoms. The zero-order valence-corrected chi connectivity index (χ0v) is 12.0. The second kappa shape index (κ2) is 6.52. The van der Waals surface area contributed by atoms with Crippen LogP contribution in [0, 0.1) is 5.92 Å². The molecule has 1 aromatic heterocycles. The van der Waals surface area contributed by atoms with Gasteiger partial charge in [0.1, 0.15) is 6.10 Å². The highest BCUT2D eigenvalue weighted by atomic mass is 79.9. The topological polar surface area (TPSA) is 37.3 Å². The van der Waals surface area contributed by atoms with Gasteiger partial charge in [0.2, 0.25) is 0 Å². The first-order chi connectivity index (χ1) is 7.58. The first kappa shape index (κ1) is 13.9. The molecule has 0 saturated heterocycles. The number of hydrogen-bond donors (Lipinski definition) is 1. The summed E-state index contributed by atoms with van der Waals surface area (Å²) in [4.78, 5) is 12.8. The van der Waals surface area contributed by atoms with Crippen molar-refractivity contribution in [3.05, 3.63) is 20.8 Å². The molecule has 0 fully saturated rings. The number of rotatable bonds is 6. The summed E-state index contributed by atoms with van der Waals surface area (Å²) in [7, 11) is 0. The van der Waals surface area contributed by atoms with E-state index in [4.69, 9.17) is 0 Å². The molecule has 1 atom stereocenters. The van der Waals surface area contributed by atoms with Crippen LogP contribution in [0.1, 0.15) is 31.6 Å². The van der Waals surface area contributed by atoms with Crippen molar-refractivity contribution in [2.45, 2.75) is 39.2 Å². The Hall–Kier alpha value is -0.190. The van der Waals surface area contributed by atoms with Crippen LogP contribution in [0.5, 0.6) is 0 Å². The average molecular weight is 305 g/mol. The molecule has 2 nitrogen and oxygen atoms in total. The van der Waals surface area contributed by atoms with Crippen LogP contribution in [0.25, 0.3) is 0 Å². The summed E-state index contributed by atoms with van der Waals surface area (Å²) in [5.74, 6) is 0.0268. The maximum absolute atomic E-state index is 11.8. The standard InChI is InChI=1S/C12H17BrO2S/c1-3-8(4-2)12(15)10(14)7-9-5-6-11(13)16-9/h5-6,8,12,15H,3-4,7H2,1-2H3. The highest BCUT2D eigenvalue weighted by Gasteiger charge is 2.23. The number of carbonyl (C=O) groups is 1. The summed E-state index contributed by atoms with van der Waals surface area (Å²) in [5.41, 5.74) is 0. The van der Waals surface area contributed by atoms with Crippen molar-refractivity contribution >= 4 is 33.0 Å². The third kappa shape index (κ3) is 3.68. The van der Waals surface area contributed by atoms with Crippen LogP contribution in [-0.4, -0.2) is 17.0 Å². The molecule has 0 aromatic carbocycles. The van der Waals surface area contributed by atoms with E-state index in [1.807, 2.05) is 26.0 Å². The van der Waals surface area contributed by atoms with Crippen LogP contribution in [0.15, 0.2) is 15.9 Å². The molecule has 0 aliphatic rings. The Bertz CT molecular complexity index is 345. The number of Topliss-reactive ketones (excluding diaryl/α,β-unsaturated/α-hetero) is 1. The van der Waals surface area contributed by atoms with Gasteiger partial charge in [0, 0.05) is 11.3 Å². The zero-order valence-electron chi connectivity index (χ0n) is 9.57. The summed E-state index contributed by atoms with van der Waals surface area (Å²) in [6.07, 6.45) is 1.22. The first-order valence-corrected chi connectivity index (χ1v) is 7.14. The fourth-order valence-electron chi connectivity index (χ4n) is 1.72. The van der Waals surface area contributed by atoms with E-state index in [-0.39, 0.29) is 11.7 Å². The molecular weight excluding hydrogens is 288 g/mol. The third-order valence-corrected chi connectivity index (χ3v) is 4.43. The first-order valence-electron chi connectivity index (χ1n) is 5.53. The Balaban J connectivity index is 2.58. The smallest absolute Gasteiger partial charge is 0.166 e. The van der Waals surface area contributed by atoms with E-state index in [1.165, 1.54) is 0 Å². The van der Waals surface area contributed by atoms with Crippen LogP contribution in [0.2, 0.25) is 0 Å². The number of halogens is 1. The molecule has 0 amide bonds. The summed E-state index contributed by atoms with van der Waals surface area (Å²) in [5, 5.41) is 9.89. The van der Waals surface area contributed by atoms with Gasteiger partial charge in [0.05, 0.1) is 3.79 Å². The normalized spacial score (nSPS) is 13.1. The summed E-state index contributed by atoms with van der Waals surface area (Å²) in [6, 6.07) is 3.85. The van der Waals surface area contributed by atoms with Gasteiger partial charge in [-0.25, -0.2) is 0 Å². The maximum atomic E-state index is 11.8. The maximum Gasteiger partial charge on any atom is 0.166 e. The Morgan fingerprint density at radius 3 is 2.50 bits per heavy atom. The van der Waals surface area contributed by atoms with E-state index in [9.17, 15) is 9.90 Å². The van der Waals surface area contributed by atoms with E-state index < -0.39 is 6.10 Å². The molecule has 1 rings (SSSR count).